The lowest BCUT2D eigenvalue weighted by Gasteiger charge is -2.14. The van der Waals surface area contributed by atoms with E-state index in [1.807, 2.05) is 6.07 Å². The Morgan fingerprint density at radius 3 is 2.31 bits per heavy atom. The van der Waals surface area contributed by atoms with E-state index in [9.17, 15) is 18.0 Å². The molecule has 0 bridgehead atoms. The van der Waals surface area contributed by atoms with Crippen molar-refractivity contribution in [2.24, 2.45) is 0 Å². The Hall–Kier alpha value is -3.22. The van der Waals surface area contributed by atoms with Gasteiger partial charge in [-0.1, -0.05) is 6.07 Å². The summed E-state index contributed by atoms with van der Waals surface area (Å²) < 4.78 is 31.8. The van der Waals surface area contributed by atoms with Crippen molar-refractivity contribution in [2.45, 2.75) is 37.8 Å². The van der Waals surface area contributed by atoms with Crippen LogP contribution in [0.5, 0.6) is 0 Å². The summed E-state index contributed by atoms with van der Waals surface area (Å²) in [5, 5.41) is 11.4. The quantitative estimate of drug-likeness (QED) is 0.669. The number of carbonyl (C=O) groups excluding carboxylic acids is 2. The van der Waals surface area contributed by atoms with E-state index in [2.05, 4.69) is 10.0 Å². The molecule has 152 valence electrons. The van der Waals surface area contributed by atoms with E-state index in [1.54, 1.807) is 26.0 Å². The van der Waals surface area contributed by atoms with Crippen LogP contribution in [-0.4, -0.2) is 32.4 Å². The van der Waals surface area contributed by atoms with Crippen molar-refractivity contribution >= 4 is 27.6 Å². The molecule has 1 atom stereocenters. The normalized spacial score (nSPS) is 12.1. The second-order valence-electron chi connectivity index (χ2n) is 6.53. The van der Waals surface area contributed by atoms with Crippen molar-refractivity contribution < 1.29 is 22.7 Å². The summed E-state index contributed by atoms with van der Waals surface area (Å²) in [6, 6.07) is 13.2. The van der Waals surface area contributed by atoms with Crippen molar-refractivity contribution in [1.29, 1.82) is 5.26 Å². The van der Waals surface area contributed by atoms with Gasteiger partial charge in [0.05, 0.1) is 22.1 Å². The number of amides is 1. The molecule has 0 fully saturated rings. The number of carbonyl (C=O) groups is 2. The van der Waals surface area contributed by atoms with Gasteiger partial charge in [0, 0.05) is 11.7 Å². The standard InChI is InChI=1S/C20H21N3O5S/c1-13(2)23-29(26,27)18-9-7-17(8-10-18)22-19(24)14(3)28-20(25)16-6-4-5-15(11-16)12-21/h4-11,13-14,23H,1-3H3,(H,22,24)/t14-/m0/s1. The Labute approximate surface area is 169 Å². The first-order valence-electron chi connectivity index (χ1n) is 8.77. The van der Waals surface area contributed by atoms with E-state index in [-0.39, 0.29) is 16.5 Å². The fourth-order valence-corrected chi connectivity index (χ4v) is 3.59. The molecule has 2 N–H and O–H groups in total. The zero-order chi connectivity index (χ0) is 21.6. The number of hydrogen-bond donors (Lipinski definition) is 2. The highest BCUT2D eigenvalue weighted by atomic mass is 32.2. The molecule has 0 aliphatic carbocycles. The van der Waals surface area contributed by atoms with E-state index in [0.29, 0.717) is 11.3 Å². The summed E-state index contributed by atoms with van der Waals surface area (Å²) in [6.07, 6.45) is -1.10. The second kappa shape index (κ2) is 9.32. The smallest absolute Gasteiger partial charge is 0.338 e. The van der Waals surface area contributed by atoms with Gasteiger partial charge in [0.25, 0.3) is 5.91 Å². The summed E-state index contributed by atoms with van der Waals surface area (Å²) in [5.41, 5.74) is 0.822. The lowest BCUT2D eigenvalue weighted by molar-refractivity contribution is -0.123. The van der Waals surface area contributed by atoms with Gasteiger partial charge in [0.15, 0.2) is 6.10 Å². The number of nitrogens with one attached hydrogen (secondary N) is 2. The van der Waals surface area contributed by atoms with Crippen LogP contribution in [0.15, 0.2) is 53.4 Å². The van der Waals surface area contributed by atoms with Crippen molar-refractivity contribution in [2.75, 3.05) is 5.32 Å². The lowest BCUT2D eigenvalue weighted by atomic mass is 10.1. The minimum Gasteiger partial charge on any atom is -0.449 e. The third-order valence-electron chi connectivity index (χ3n) is 3.70. The third kappa shape index (κ3) is 6.14. The molecule has 0 saturated heterocycles. The Balaban J connectivity index is 2.00. The van der Waals surface area contributed by atoms with Crippen LogP contribution in [0.1, 0.15) is 36.7 Å². The predicted molar refractivity (Wildman–Crippen MR) is 107 cm³/mol. The van der Waals surface area contributed by atoms with E-state index >= 15 is 0 Å². The maximum atomic E-state index is 12.3. The van der Waals surface area contributed by atoms with Crippen LogP contribution in [0.25, 0.3) is 0 Å². The fraction of sp³-hybridized carbons (Fsp3) is 0.250. The maximum absolute atomic E-state index is 12.3. The molecule has 9 heteroatoms. The summed E-state index contributed by atoms with van der Waals surface area (Å²) in [4.78, 5) is 24.5. The lowest BCUT2D eigenvalue weighted by Crippen LogP contribution is -2.30. The highest BCUT2D eigenvalue weighted by Gasteiger charge is 2.20. The van der Waals surface area contributed by atoms with Gasteiger partial charge >= 0.3 is 5.97 Å². The molecule has 0 aliphatic rings. The van der Waals surface area contributed by atoms with Crippen molar-refractivity contribution in [3.63, 3.8) is 0 Å². The molecule has 0 heterocycles. The Morgan fingerprint density at radius 2 is 1.72 bits per heavy atom. The van der Waals surface area contributed by atoms with Gasteiger partial charge in [-0.05, 0) is 63.2 Å². The first kappa shape index (κ1) is 22.1. The molecule has 0 aliphatic heterocycles. The number of sulfonamides is 1. The number of rotatable bonds is 7. The first-order chi connectivity index (χ1) is 13.6. The number of anilines is 1. The largest absolute Gasteiger partial charge is 0.449 e. The molecule has 1 amide bonds. The van der Waals surface area contributed by atoms with Crippen molar-refractivity contribution in [1.82, 2.24) is 4.72 Å². The highest BCUT2D eigenvalue weighted by Crippen LogP contribution is 2.15. The molecule has 2 aromatic carbocycles. The summed E-state index contributed by atoms with van der Waals surface area (Å²) >= 11 is 0. The number of nitriles is 1. The Bertz CT molecular complexity index is 1040. The average Bonchev–Trinajstić information content (AvgIpc) is 2.67. The van der Waals surface area contributed by atoms with Gasteiger partial charge in [-0.25, -0.2) is 17.9 Å². The minimum atomic E-state index is -3.63. The minimum absolute atomic E-state index is 0.0704. The molecule has 0 unspecified atom stereocenters. The van der Waals surface area contributed by atoms with Crippen LogP contribution in [0.2, 0.25) is 0 Å². The van der Waals surface area contributed by atoms with Gasteiger partial charge in [-0.15, -0.1) is 0 Å². The van der Waals surface area contributed by atoms with Crippen LogP contribution in [0.3, 0.4) is 0 Å². The fourth-order valence-electron chi connectivity index (χ4n) is 2.34. The molecular weight excluding hydrogens is 394 g/mol. The predicted octanol–water partition coefficient (Wildman–Crippen LogP) is 2.43. The Kier molecular flexibility index (Phi) is 7.09. The van der Waals surface area contributed by atoms with Gasteiger partial charge in [-0.2, -0.15) is 5.26 Å². The van der Waals surface area contributed by atoms with Crippen LogP contribution >= 0.6 is 0 Å². The summed E-state index contributed by atoms with van der Waals surface area (Å²) in [6.45, 7) is 4.84. The van der Waals surface area contributed by atoms with Gasteiger partial charge < -0.3 is 10.1 Å². The van der Waals surface area contributed by atoms with Crippen LogP contribution in [-0.2, 0) is 19.6 Å². The maximum Gasteiger partial charge on any atom is 0.338 e. The number of esters is 1. The SMILES string of the molecule is CC(C)NS(=O)(=O)c1ccc(NC(=O)[C@H](C)OC(=O)c2cccc(C#N)c2)cc1. The van der Waals surface area contributed by atoms with Gasteiger partial charge in [-0.3, -0.25) is 4.79 Å². The van der Waals surface area contributed by atoms with Gasteiger partial charge in [0.1, 0.15) is 0 Å². The molecule has 0 spiro atoms. The zero-order valence-corrected chi connectivity index (χ0v) is 17.0. The summed E-state index contributed by atoms with van der Waals surface area (Å²) in [7, 11) is -3.63. The second-order valence-corrected chi connectivity index (χ2v) is 8.24. The number of hydrogen-bond acceptors (Lipinski definition) is 6. The molecule has 2 aromatic rings. The average molecular weight is 415 g/mol. The Morgan fingerprint density at radius 1 is 1.07 bits per heavy atom. The molecule has 0 radical (unpaired) electrons. The third-order valence-corrected chi connectivity index (χ3v) is 5.38. The molecule has 29 heavy (non-hydrogen) atoms. The number of nitrogens with zero attached hydrogens (tertiary/aromatic N) is 1. The number of benzene rings is 2. The first-order valence-corrected chi connectivity index (χ1v) is 10.2. The highest BCUT2D eigenvalue weighted by molar-refractivity contribution is 7.89. The molecule has 0 saturated carbocycles. The van der Waals surface area contributed by atoms with Crippen LogP contribution in [0, 0.1) is 11.3 Å². The van der Waals surface area contributed by atoms with Crippen LogP contribution < -0.4 is 10.0 Å². The van der Waals surface area contributed by atoms with Crippen molar-refractivity contribution in [3.05, 3.63) is 59.7 Å². The van der Waals surface area contributed by atoms with E-state index in [0.717, 1.165) is 0 Å². The van der Waals surface area contributed by atoms with Crippen molar-refractivity contribution in [3.8, 4) is 6.07 Å². The molecule has 0 aromatic heterocycles. The molecular formula is C20H21N3O5S. The topological polar surface area (TPSA) is 125 Å². The monoisotopic (exact) mass is 415 g/mol. The van der Waals surface area contributed by atoms with Gasteiger partial charge in [0.2, 0.25) is 10.0 Å². The molecule has 2 rings (SSSR count). The molecule has 8 nitrogen and oxygen atoms in total. The van der Waals surface area contributed by atoms with E-state index in [4.69, 9.17) is 10.00 Å². The summed E-state index contributed by atoms with van der Waals surface area (Å²) in [5.74, 6) is -1.31. The van der Waals surface area contributed by atoms with Crippen LogP contribution in [0.4, 0.5) is 5.69 Å². The van der Waals surface area contributed by atoms with E-state index < -0.39 is 28.0 Å². The zero-order valence-electron chi connectivity index (χ0n) is 16.2. The number of ether oxygens (including phenoxy) is 1. The van der Waals surface area contributed by atoms with E-state index in [1.165, 1.54) is 43.3 Å².